The molecule has 2 rings (SSSR count). The first-order valence-corrected chi connectivity index (χ1v) is 8.03. The van der Waals surface area contributed by atoms with Crippen LogP contribution in [0.1, 0.15) is 10.4 Å². The summed E-state index contributed by atoms with van der Waals surface area (Å²) >= 11 is 23.5. The van der Waals surface area contributed by atoms with Crippen LogP contribution >= 0.6 is 46.4 Å². The van der Waals surface area contributed by atoms with Crippen LogP contribution in [0.2, 0.25) is 20.1 Å². The molecule has 6 nitrogen and oxygen atoms in total. The highest BCUT2D eigenvalue weighted by Crippen LogP contribution is 2.38. The van der Waals surface area contributed by atoms with Gasteiger partial charge in [0.05, 0.1) is 21.3 Å². The molecule has 132 valence electrons. The molecule has 2 aromatic carbocycles. The van der Waals surface area contributed by atoms with Crippen molar-refractivity contribution in [1.29, 1.82) is 0 Å². The first-order valence-electron chi connectivity index (χ1n) is 6.52. The summed E-state index contributed by atoms with van der Waals surface area (Å²) in [5, 5.41) is 21.3. The predicted molar refractivity (Wildman–Crippen MR) is 95.7 cm³/mol. The van der Waals surface area contributed by atoms with Gasteiger partial charge in [-0.2, -0.15) is 0 Å². The second-order valence-corrected chi connectivity index (χ2v) is 6.37. The molecule has 0 fully saturated rings. The highest BCUT2D eigenvalue weighted by molar-refractivity contribution is 6.37. The maximum absolute atomic E-state index is 12.4. The second-order valence-electron chi connectivity index (χ2n) is 4.68. The minimum absolute atomic E-state index is 0.00241. The lowest BCUT2D eigenvalue weighted by Crippen LogP contribution is -2.15. The zero-order valence-electron chi connectivity index (χ0n) is 12.1. The summed E-state index contributed by atoms with van der Waals surface area (Å²) in [5.74, 6) is -2.57. The number of carbonyl (C=O) groups is 2. The van der Waals surface area contributed by atoms with E-state index in [1.165, 1.54) is 24.3 Å². The van der Waals surface area contributed by atoms with Gasteiger partial charge in [0, 0.05) is 10.0 Å². The fourth-order valence-corrected chi connectivity index (χ4v) is 2.90. The number of hydrogen-bond donors (Lipinski definition) is 3. The number of carbonyl (C=O) groups excluding carboxylic acids is 1. The largest absolute Gasteiger partial charge is 0.506 e. The zero-order chi connectivity index (χ0) is 18.7. The van der Waals surface area contributed by atoms with Crippen LogP contribution in [0, 0.1) is 0 Å². The number of carboxylic acids is 1. The van der Waals surface area contributed by atoms with Crippen molar-refractivity contribution in [2.24, 2.45) is 0 Å². The van der Waals surface area contributed by atoms with Gasteiger partial charge < -0.3 is 20.3 Å². The third-order valence-electron chi connectivity index (χ3n) is 2.87. The molecule has 0 aliphatic rings. The molecule has 0 saturated carbocycles. The van der Waals surface area contributed by atoms with E-state index in [2.05, 4.69) is 5.32 Å². The molecule has 1 amide bonds. The molecule has 0 heterocycles. The lowest BCUT2D eigenvalue weighted by atomic mass is 10.1. The molecular formula is C15H9Cl4NO5. The number of halogens is 4. The monoisotopic (exact) mass is 423 g/mol. The van der Waals surface area contributed by atoms with E-state index in [9.17, 15) is 14.7 Å². The number of amides is 1. The van der Waals surface area contributed by atoms with E-state index in [0.717, 1.165) is 0 Å². The molecule has 2 aromatic rings. The molecule has 0 aliphatic carbocycles. The Balaban J connectivity index is 2.39. The van der Waals surface area contributed by atoms with Crippen LogP contribution in [0.3, 0.4) is 0 Å². The fourth-order valence-electron chi connectivity index (χ4n) is 1.86. The van der Waals surface area contributed by atoms with Gasteiger partial charge in [-0.3, -0.25) is 4.79 Å². The fraction of sp³-hybridized carbons (Fsp3) is 0.0667. The number of benzene rings is 2. The van der Waals surface area contributed by atoms with E-state index in [4.69, 9.17) is 56.2 Å². The maximum atomic E-state index is 12.4. The van der Waals surface area contributed by atoms with Crippen molar-refractivity contribution in [2.45, 2.75) is 0 Å². The molecule has 3 N–H and O–H groups in total. The number of ether oxygens (including phenoxy) is 1. The standard InChI is InChI=1S/C15H9Cl4NO5/c16-6-1-8(13(23)9(18)2-6)15(24)20-11-4-7(17)3-10(19)14(11)25-5-12(21)22/h1-4,23H,5H2,(H,20,24)(H,21,22). The Kier molecular flexibility index (Phi) is 6.24. The Bertz CT molecular complexity index is 856. The molecule has 0 spiro atoms. The third kappa shape index (κ3) is 4.83. The Labute approximate surface area is 161 Å². The van der Waals surface area contributed by atoms with Crippen molar-refractivity contribution in [1.82, 2.24) is 0 Å². The number of phenols is 1. The highest BCUT2D eigenvalue weighted by Gasteiger charge is 2.19. The van der Waals surface area contributed by atoms with Gasteiger partial charge in [0.2, 0.25) is 0 Å². The normalized spacial score (nSPS) is 10.4. The van der Waals surface area contributed by atoms with Gasteiger partial charge >= 0.3 is 5.97 Å². The first kappa shape index (κ1) is 19.5. The van der Waals surface area contributed by atoms with Gasteiger partial charge in [-0.05, 0) is 24.3 Å². The Morgan fingerprint density at radius 2 is 1.60 bits per heavy atom. The van der Waals surface area contributed by atoms with Gasteiger partial charge in [-0.15, -0.1) is 0 Å². The van der Waals surface area contributed by atoms with Crippen molar-refractivity contribution < 1.29 is 24.5 Å². The predicted octanol–water partition coefficient (Wildman–Crippen LogP) is 4.72. The number of anilines is 1. The van der Waals surface area contributed by atoms with Crippen LogP contribution in [0.25, 0.3) is 0 Å². The molecule has 0 atom stereocenters. The molecule has 10 heteroatoms. The summed E-state index contributed by atoms with van der Waals surface area (Å²) in [7, 11) is 0. The van der Waals surface area contributed by atoms with E-state index in [1.54, 1.807) is 0 Å². The highest BCUT2D eigenvalue weighted by atomic mass is 35.5. The van der Waals surface area contributed by atoms with Crippen molar-refractivity contribution in [3.05, 3.63) is 49.9 Å². The van der Waals surface area contributed by atoms with Gasteiger partial charge in [0.25, 0.3) is 5.91 Å². The Hall–Kier alpha value is -1.86. The smallest absolute Gasteiger partial charge is 0.341 e. The number of carboxylic acid groups (broad SMARTS) is 1. The Morgan fingerprint density at radius 3 is 2.24 bits per heavy atom. The topological polar surface area (TPSA) is 95.9 Å². The molecule has 0 aliphatic heterocycles. The van der Waals surface area contributed by atoms with E-state index >= 15 is 0 Å². The van der Waals surface area contributed by atoms with Gasteiger partial charge in [0.1, 0.15) is 5.75 Å². The van der Waals surface area contributed by atoms with Crippen LogP contribution in [-0.4, -0.2) is 28.7 Å². The first-order chi connectivity index (χ1) is 11.7. The second kappa shape index (κ2) is 8.01. The molecule has 0 aromatic heterocycles. The van der Waals surface area contributed by atoms with Crippen LogP contribution in [0.4, 0.5) is 5.69 Å². The summed E-state index contributed by atoms with van der Waals surface area (Å²) in [6, 6.07) is 5.12. The van der Waals surface area contributed by atoms with E-state index in [0.29, 0.717) is 0 Å². The lowest BCUT2D eigenvalue weighted by Gasteiger charge is -2.14. The van der Waals surface area contributed by atoms with Crippen molar-refractivity contribution in [3.63, 3.8) is 0 Å². The van der Waals surface area contributed by atoms with E-state index in [1.807, 2.05) is 0 Å². The molecule has 0 unspecified atom stereocenters. The number of rotatable bonds is 5. The third-order valence-corrected chi connectivity index (χ3v) is 3.87. The molecule has 0 bridgehead atoms. The number of phenolic OH excluding ortho intramolecular Hbond substituents is 1. The number of hydrogen-bond acceptors (Lipinski definition) is 4. The van der Waals surface area contributed by atoms with Crippen LogP contribution in [-0.2, 0) is 4.79 Å². The van der Waals surface area contributed by atoms with Gasteiger partial charge in [0.15, 0.2) is 12.4 Å². The van der Waals surface area contributed by atoms with E-state index < -0.39 is 24.2 Å². The van der Waals surface area contributed by atoms with Crippen molar-refractivity contribution >= 4 is 64.0 Å². The minimum Gasteiger partial charge on any atom is -0.506 e. The van der Waals surface area contributed by atoms with Gasteiger partial charge in [-0.25, -0.2) is 4.79 Å². The number of aromatic hydroxyl groups is 1. The summed E-state index contributed by atoms with van der Waals surface area (Å²) in [4.78, 5) is 23.1. The Morgan fingerprint density at radius 1 is 1.00 bits per heavy atom. The number of aliphatic carboxylic acids is 1. The van der Waals surface area contributed by atoms with Crippen molar-refractivity contribution in [3.8, 4) is 11.5 Å². The zero-order valence-corrected chi connectivity index (χ0v) is 15.2. The van der Waals surface area contributed by atoms with Crippen LogP contribution < -0.4 is 10.1 Å². The molecule has 0 radical (unpaired) electrons. The van der Waals surface area contributed by atoms with E-state index in [-0.39, 0.29) is 37.1 Å². The average molecular weight is 425 g/mol. The van der Waals surface area contributed by atoms with Crippen LogP contribution in [0.5, 0.6) is 11.5 Å². The summed E-state index contributed by atoms with van der Waals surface area (Å²) in [6.45, 7) is -0.682. The van der Waals surface area contributed by atoms with Crippen LogP contribution in [0.15, 0.2) is 24.3 Å². The maximum Gasteiger partial charge on any atom is 0.341 e. The number of nitrogens with one attached hydrogen (secondary N) is 1. The molecular weight excluding hydrogens is 416 g/mol. The van der Waals surface area contributed by atoms with Gasteiger partial charge in [-0.1, -0.05) is 46.4 Å². The van der Waals surface area contributed by atoms with Crippen molar-refractivity contribution in [2.75, 3.05) is 11.9 Å². The lowest BCUT2D eigenvalue weighted by molar-refractivity contribution is -0.139. The summed E-state index contributed by atoms with van der Waals surface area (Å²) in [5.41, 5.74) is -0.183. The molecule has 0 saturated heterocycles. The quantitative estimate of drug-likeness (QED) is 0.645. The average Bonchev–Trinajstić information content (AvgIpc) is 2.49. The SMILES string of the molecule is O=C(O)COc1c(Cl)cc(Cl)cc1NC(=O)c1cc(Cl)cc(Cl)c1O. The summed E-state index contributed by atoms with van der Waals surface area (Å²) in [6.07, 6.45) is 0. The summed E-state index contributed by atoms with van der Waals surface area (Å²) < 4.78 is 5.08. The minimum atomic E-state index is -1.23. The molecule has 25 heavy (non-hydrogen) atoms.